The minimum absolute atomic E-state index is 0.175. The number of benzene rings is 3. The van der Waals surface area contributed by atoms with Gasteiger partial charge >= 0.3 is 6.18 Å². The van der Waals surface area contributed by atoms with Crippen LogP contribution in [-0.4, -0.2) is 6.18 Å². The smallest absolute Gasteiger partial charge is 0.206 e. The van der Waals surface area contributed by atoms with Crippen LogP contribution in [0.2, 0.25) is 0 Å². The van der Waals surface area contributed by atoms with Crippen molar-refractivity contribution in [3.05, 3.63) is 95.1 Å². The normalized spacial score (nSPS) is 17.5. The SMILES string of the molecule is CCCC1CCC(C=CCCc2ccc(-c3ccc(-c4cc(F)c(C#CC(F)(F)F)c(F)c4)c(F)c3)c(F)c2)CC1. The van der Waals surface area contributed by atoms with Gasteiger partial charge in [-0.15, -0.1) is 0 Å². The highest BCUT2D eigenvalue weighted by Gasteiger charge is 2.24. The molecule has 216 valence electrons. The molecular formula is C34H31F7. The van der Waals surface area contributed by atoms with Crippen molar-refractivity contribution in [3.63, 3.8) is 0 Å². The summed E-state index contributed by atoms with van der Waals surface area (Å²) in [5.74, 6) is -0.360. The lowest BCUT2D eigenvalue weighted by Crippen LogP contribution is -2.12. The van der Waals surface area contributed by atoms with Crippen molar-refractivity contribution in [1.29, 1.82) is 0 Å². The molecule has 1 saturated carbocycles. The van der Waals surface area contributed by atoms with Gasteiger partial charge in [-0.1, -0.05) is 62.1 Å². The Morgan fingerprint density at radius 3 is 2.00 bits per heavy atom. The molecule has 0 bridgehead atoms. The Morgan fingerprint density at radius 1 is 0.780 bits per heavy atom. The zero-order chi connectivity index (χ0) is 29.6. The van der Waals surface area contributed by atoms with Crippen molar-refractivity contribution in [3.8, 4) is 34.1 Å². The molecule has 0 nitrogen and oxygen atoms in total. The molecule has 7 heteroatoms. The van der Waals surface area contributed by atoms with Gasteiger partial charge in [-0.2, -0.15) is 13.2 Å². The Balaban J connectivity index is 1.41. The molecule has 0 saturated heterocycles. The molecule has 0 radical (unpaired) electrons. The number of allylic oxidation sites excluding steroid dienone is 2. The summed E-state index contributed by atoms with van der Waals surface area (Å²) in [6.07, 6.45) is 8.61. The van der Waals surface area contributed by atoms with Crippen molar-refractivity contribution in [2.24, 2.45) is 11.8 Å². The molecule has 41 heavy (non-hydrogen) atoms. The zero-order valence-corrected chi connectivity index (χ0v) is 22.7. The van der Waals surface area contributed by atoms with Crippen LogP contribution < -0.4 is 0 Å². The Morgan fingerprint density at radius 2 is 1.39 bits per heavy atom. The highest BCUT2D eigenvalue weighted by atomic mass is 19.4. The summed E-state index contributed by atoms with van der Waals surface area (Å²) in [6, 6.07) is 9.93. The van der Waals surface area contributed by atoms with Crippen LogP contribution in [0.4, 0.5) is 30.7 Å². The molecule has 0 heterocycles. The molecule has 0 atom stereocenters. The molecule has 0 aliphatic heterocycles. The summed E-state index contributed by atoms with van der Waals surface area (Å²) < 4.78 is 95.4. The maximum atomic E-state index is 15.0. The van der Waals surface area contributed by atoms with Crippen LogP contribution >= 0.6 is 0 Å². The number of hydrogen-bond donors (Lipinski definition) is 0. The maximum absolute atomic E-state index is 15.0. The average Bonchev–Trinajstić information content (AvgIpc) is 2.91. The quantitative estimate of drug-likeness (QED) is 0.143. The highest BCUT2D eigenvalue weighted by Crippen LogP contribution is 2.33. The maximum Gasteiger partial charge on any atom is 0.458 e. The molecule has 0 amide bonds. The van der Waals surface area contributed by atoms with E-state index in [4.69, 9.17) is 0 Å². The first-order chi connectivity index (χ1) is 19.5. The van der Waals surface area contributed by atoms with E-state index in [2.05, 4.69) is 19.1 Å². The lowest BCUT2D eigenvalue weighted by Gasteiger charge is -2.26. The van der Waals surface area contributed by atoms with Crippen LogP contribution in [0.15, 0.2) is 60.7 Å². The molecule has 0 unspecified atom stereocenters. The third-order valence-electron chi connectivity index (χ3n) is 7.59. The molecule has 3 aromatic carbocycles. The minimum atomic E-state index is -4.92. The van der Waals surface area contributed by atoms with E-state index in [0.717, 1.165) is 29.9 Å². The summed E-state index contributed by atoms with van der Waals surface area (Å²) in [5.41, 5.74) is -0.241. The molecular weight excluding hydrogens is 541 g/mol. The fourth-order valence-corrected chi connectivity index (χ4v) is 5.46. The van der Waals surface area contributed by atoms with Crippen LogP contribution in [0, 0.1) is 46.9 Å². The van der Waals surface area contributed by atoms with Crippen molar-refractivity contribution >= 4 is 0 Å². The topological polar surface area (TPSA) is 0 Å². The molecule has 1 aliphatic carbocycles. The average molecular weight is 573 g/mol. The molecule has 0 spiro atoms. The first-order valence-electron chi connectivity index (χ1n) is 13.9. The number of aryl methyl sites for hydroxylation is 1. The van der Waals surface area contributed by atoms with E-state index in [1.165, 1.54) is 62.6 Å². The predicted octanol–water partition coefficient (Wildman–Crippen LogP) is 10.6. The monoisotopic (exact) mass is 572 g/mol. The second-order valence-electron chi connectivity index (χ2n) is 10.6. The first-order valence-corrected chi connectivity index (χ1v) is 13.9. The van der Waals surface area contributed by atoms with Crippen LogP contribution in [0.3, 0.4) is 0 Å². The minimum Gasteiger partial charge on any atom is -0.206 e. The number of alkyl halides is 3. The van der Waals surface area contributed by atoms with Gasteiger partial charge in [-0.3, -0.25) is 0 Å². The molecule has 1 aliphatic rings. The summed E-state index contributed by atoms with van der Waals surface area (Å²) >= 11 is 0. The van der Waals surface area contributed by atoms with E-state index in [9.17, 15) is 30.7 Å². The molecule has 1 fully saturated rings. The third-order valence-corrected chi connectivity index (χ3v) is 7.59. The third kappa shape index (κ3) is 8.25. The second kappa shape index (κ2) is 13.4. The fraction of sp³-hybridized carbons (Fsp3) is 0.353. The number of hydrogen-bond acceptors (Lipinski definition) is 0. The van der Waals surface area contributed by atoms with E-state index >= 15 is 0 Å². The summed E-state index contributed by atoms with van der Waals surface area (Å²) in [4.78, 5) is 0. The van der Waals surface area contributed by atoms with E-state index in [1.54, 1.807) is 12.1 Å². The van der Waals surface area contributed by atoms with E-state index in [1.807, 2.05) is 0 Å². The highest BCUT2D eigenvalue weighted by molar-refractivity contribution is 5.72. The van der Waals surface area contributed by atoms with E-state index in [0.29, 0.717) is 24.5 Å². The number of rotatable bonds is 8. The first kappa shape index (κ1) is 30.4. The van der Waals surface area contributed by atoms with Gasteiger partial charge in [0.2, 0.25) is 0 Å². The van der Waals surface area contributed by atoms with Gasteiger partial charge in [0.15, 0.2) is 0 Å². The standard InChI is InChI=1S/C34H31F7/c1-2-5-22-8-10-23(11-9-22)6-3-4-7-24-12-14-27(30(35)18-24)25-13-15-28(31(36)19-25)26-20-32(37)29(33(38)21-26)16-17-34(39,40)41/h3,6,12-15,18-23H,2,4-5,7-11H2,1H3. The Hall–Kier alpha value is -3.53. The van der Waals surface area contributed by atoms with Crippen LogP contribution in [0.1, 0.15) is 63.0 Å². The van der Waals surface area contributed by atoms with Gasteiger partial charge in [-0.05, 0) is 91.3 Å². The Labute approximate surface area is 236 Å². The van der Waals surface area contributed by atoms with Crippen molar-refractivity contribution < 1.29 is 30.7 Å². The fourth-order valence-electron chi connectivity index (χ4n) is 5.46. The van der Waals surface area contributed by atoms with Crippen LogP contribution in [-0.2, 0) is 6.42 Å². The van der Waals surface area contributed by atoms with Crippen molar-refractivity contribution in [2.75, 3.05) is 0 Å². The van der Waals surface area contributed by atoms with Gasteiger partial charge in [0, 0.05) is 17.0 Å². The van der Waals surface area contributed by atoms with Gasteiger partial charge in [-0.25, -0.2) is 17.6 Å². The van der Waals surface area contributed by atoms with E-state index in [-0.39, 0.29) is 22.3 Å². The molecule has 4 rings (SSSR count). The zero-order valence-electron chi connectivity index (χ0n) is 22.7. The predicted molar refractivity (Wildman–Crippen MR) is 148 cm³/mol. The van der Waals surface area contributed by atoms with Gasteiger partial charge in [0.25, 0.3) is 0 Å². The van der Waals surface area contributed by atoms with Gasteiger partial charge in [0.05, 0.1) is 5.56 Å². The van der Waals surface area contributed by atoms with Gasteiger partial charge < -0.3 is 0 Å². The number of halogens is 7. The summed E-state index contributed by atoms with van der Waals surface area (Å²) in [6.45, 7) is 2.23. The summed E-state index contributed by atoms with van der Waals surface area (Å²) in [5, 5.41) is 0. The van der Waals surface area contributed by atoms with Crippen LogP contribution in [0.5, 0.6) is 0 Å². The molecule has 0 aromatic heterocycles. The van der Waals surface area contributed by atoms with E-state index < -0.39 is 35.0 Å². The summed E-state index contributed by atoms with van der Waals surface area (Å²) in [7, 11) is 0. The van der Waals surface area contributed by atoms with Crippen molar-refractivity contribution in [1.82, 2.24) is 0 Å². The lowest BCUT2D eigenvalue weighted by molar-refractivity contribution is -0.0696. The Kier molecular flexibility index (Phi) is 9.96. The molecule has 3 aromatic rings. The molecule has 0 N–H and O–H groups in total. The van der Waals surface area contributed by atoms with Gasteiger partial charge in [0.1, 0.15) is 23.3 Å². The lowest BCUT2D eigenvalue weighted by atomic mass is 9.80. The van der Waals surface area contributed by atoms with Crippen LogP contribution in [0.25, 0.3) is 22.3 Å². The largest absolute Gasteiger partial charge is 0.458 e. The second-order valence-corrected chi connectivity index (χ2v) is 10.6. The Bertz CT molecular complexity index is 1430. The van der Waals surface area contributed by atoms with Crippen molar-refractivity contribution in [2.45, 2.75) is 64.5 Å².